The number of carbonyl (C=O) groups excluding carboxylic acids is 2. The van der Waals surface area contributed by atoms with E-state index in [1.807, 2.05) is 43.3 Å². The van der Waals surface area contributed by atoms with Gasteiger partial charge in [-0.25, -0.2) is 8.42 Å². The van der Waals surface area contributed by atoms with Crippen molar-refractivity contribution in [2.24, 2.45) is 0 Å². The fourth-order valence-electron chi connectivity index (χ4n) is 3.68. The molecule has 3 rings (SSSR count). The molecule has 1 N–H and O–H groups in total. The van der Waals surface area contributed by atoms with E-state index >= 15 is 0 Å². The Bertz CT molecular complexity index is 1080. The first kappa shape index (κ1) is 23.7. The van der Waals surface area contributed by atoms with Crippen LogP contribution in [0.2, 0.25) is 0 Å². The highest BCUT2D eigenvalue weighted by atomic mass is 32.2. The van der Waals surface area contributed by atoms with Crippen molar-refractivity contribution in [3.8, 4) is 5.75 Å². The standard InChI is InChI=1S/C23H29N3O5S/c1-17-5-7-18(8-6-17)13-24-22(28)23(2)16-25(32(4,29)30)15-21(27)26(23)14-19-9-11-20(31-3)12-10-19/h5-12H,13-16H2,1-4H3,(H,24,28)/t23-/m1/s1. The van der Waals surface area contributed by atoms with E-state index < -0.39 is 27.4 Å². The molecule has 1 saturated heterocycles. The molecule has 0 bridgehead atoms. The van der Waals surface area contributed by atoms with Gasteiger partial charge < -0.3 is 15.0 Å². The number of aryl methyl sites for hydroxylation is 1. The van der Waals surface area contributed by atoms with Crippen LogP contribution in [0.3, 0.4) is 0 Å². The van der Waals surface area contributed by atoms with E-state index in [-0.39, 0.29) is 26.2 Å². The van der Waals surface area contributed by atoms with Crippen LogP contribution >= 0.6 is 0 Å². The molecule has 1 aliphatic heterocycles. The number of rotatable bonds is 7. The van der Waals surface area contributed by atoms with Gasteiger partial charge in [-0.15, -0.1) is 0 Å². The zero-order valence-corrected chi connectivity index (χ0v) is 19.6. The predicted molar refractivity (Wildman–Crippen MR) is 121 cm³/mol. The van der Waals surface area contributed by atoms with Gasteiger partial charge in [-0.1, -0.05) is 42.0 Å². The molecule has 0 spiro atoms. The van der Waals surface area contributed by atoms with E-state index in [1.54, 1.807) is 26.2 Å². The molecular weight excluding hydrogens is 430 g/mol. The average Bonchev–Trinajstić information content (AvgIpc) is 2.75. The first-order valence-corrected chi connectivity index (χ1v) is 12.1. The lowest BCUT2D eigenvalue weighted by Crippen LogP contribution is -2.69. The average molecular weight is 460 g/mol. The van der Waals surface area contributed by atoms with Crippen molar-refractivity contribution >= 4 is 21.8 Å². The molecule has 1 atom stereocenters. The van der Waals surface area contributed by atoms with Gasteiger partial charge in [0, 0.05) is 19.6 Å². The highest BCUT2D eigenvalue weighted by molar-refractivity contribution is 7.88. The van der Waals surface area contributed by atoms with Gasteiger partial charge in [0.15, 0.2) is 0 Å². The molecule has 2 aromatic carbocycles. The third kappa shape index (κ3) is 5.28. The number of sulfonamides is 1. The maximum Gasteiger partial charge on any atom is 0.247 e. The maximum atomic E-state index is 13.3. The summed E-state index contributed by atoms with van der Waals surface area (Å²) in [5.41, 5.74) is 1.46. The van der Waals surface area contributed by atoms with Crippen LogP contribution in [-0.2, 0) is 32.7 Å². The maximum absolute atomic E-state index is 13.3. The summed E-state index contributed by atoms with van der Waals surface area (Å²) in [4.78, 5) is 27.8. The third-order valence-corrected chi connectivity index (χ3v) is 6.92. The molecule has 8 nitrogen and oxygen atoms in total. The Morgan fingerprint density at radius 3 is 2.25 bits per heavy atom. The van der Waals surface area contributed by atoms with Crippen LogP contribution in [0.1, 0.15) is 23.6 Å². The van der Waals surface area contributed by atoms with Gasteiger partial charge in [0.1, 0.15) is 11.3 Å². The fraction of sp³-hybridized carbons (Fsp3) is 0.391. The number of hydrogen-bond acceptors (Lipinski definition) is 5. The normalized spacial score (nSPS) is 19.6. The summed E-state index contributed by atoms with van der Waals surface area (Å²) in [6.45, 7) is 3.63. The minimum Gasteiger partial charge on any atom is -0.497 e. The highest BCUT2D eigenvalue weighted by Crippen LogP contribution is 2.27. The molecule has 2 aromatic rings. The zero-order chi connectivity index (χ0) is 23.5. The van der Waals surface area contributed by atoms with Crippen molar-refractivity contribution in [3.63, 3.8) is 0 Å². The minimum atomic E-state index is -3.65. The van der Waals surface area contributed by atoms with E-state index in [4.69, 9.17) is 4.74 Å². The Balaban J connectivity index is 1.86. The number of piperazine rings is 1. The SMILES string of the molecule is COc1ccc(CN2C(=O)CN(S(C)(=O)=O)C[C@]2(C)C(=O)NCc2ccc(C)cc2)cc1. The number of nitrogens with zero attached hydrogens (tertiary/aromatic N) is 2. The number of nitrogens with one attached hydrogen (secondary N) is 1. The quantitative estimate of drug-likeness (QED) is 0.680. The van der Waals surface area contributed by atoms with Crippen LogP contribution in [0.4, 0.5) is 0 Å². The van der Waals surface area contributed by atoms with Crippen molar-refractivity contribution in [1.82, 2.24) is 14.5 Å². The van der Waals surface area contributed by atoms with Gasteiger partial charge >= 0.3 is 0 Å². The molecule has 0 aromatic heterocycles. The molecule has 0 saturated carbocycles. The van der Waals surface area contributed by atoms with Crippen LogP contribution in [0.15, 0.2) is 48.5 Å². The first-order chi connectivity index (χ1) is 15.0. The van der Waals surface area contributed by atoms with Gasteiger partial charge in [0.05, 0.1) is 19.9 Å². The number of hydrogen-bond donors (Lipinski definition) is 1. The number of carbonyl (C=O) groups is 2. The summed E-state index contributed by atoms with van der Waals surface area (Å²) in [7, 11) is -2.08. The van der Waals surface area contributed by atoms with Crippen LogP contribution in [0.5, 0.6) is 5.75 Å². The summed E-state index contributed by atoms with van der Waals surface area (Å²) in [6.07, 6.45) is 1.05. The molecule has 0 unspecified atom stereocenters. The number of benzene rings is 2. The number of methoxy groups -OCH3 is 1. The van der Waals surface area contributed by atoms with Crippen LogP contribution < -0.4 is 10.1 Å². The van der Waals surface area contributed by atoms with Gasteiger partial charge in [-0.05, 0) is 37.1 Å². The Morgan fingerprint density at radius 2 is 1.69 bits per heavy atom. The molecule has 32 heavy (non-hydrogen) atoms. The van der Waals surface area contributed by atoms with Crippen LogP contribution in [0, 0.1) is 6.92 Å². The highest BCUT2D eigenvalue weighted by Gasteiger charge is 2.49. The Hall–Kier alpha value is -2.91. The molecule has 2 amide bonds. The summed E-state index contributed by atoms with van der Waals surface area (Å²) in [5.74, 6) is -0.153. The predicted octanol–water partition coefficient (Wildman–Crippen LogP) is 1.68. The van der Waals surface area contributed by atoms with Gasteiger partial charge in [-0.3, -0.25) is 9.59 Å². The third-order valence-electron chi connectivity index (χ3n) is 5.72. The molecular formula is C23H29N3O5S. The van der Waals surface area contributed by atoms with Crippen molar-refractivity contribution in [2.75, 3.05) is 26.5 Å². The lowest BCUT2D eigenvalue weighted by Gasteiger charge is -2.46. The lowest BCUT2D eigenvalue weighted by molar-refractivity contribution is -0.153. The van der Waals surface area contributed by atoms with E-state index in [2.05, 4.69) is 5.32 Å². The summed E-state index contributed by atoms with van der Waals surface area (Å²) < 4.78 is 30.6. The van der Waals surface area contributed by atoms with Crippen molar-refractivity contribution < 1.29 is 22.7 Å². The number of amides is 2. The van der Waals surface area contributed by atoms with E-state index in [0.29, 0.717) is 5.75 Å². The Morgan fingerprint density at radius 1 is 1.09 bits per heavy atom. The fourth-order valence-corrected chi connectivity index (χ4v) is 4.51. The van der Waals surface area contributed by atoms with E-state index in [9.17, 15) is 18.0 Å². The largest absolute Gasteiger partial charge is 0.497 e. The smallest absolute Gasteiger partial charge is 0.247 e. The molecule has 0 aliphatic carbocycles. The summed E-state index contributed by atoms with van der Waals surface area (Å²) in [6, 6.07) is 14.9. The van der Waals surface area contributed by atoms with Crippen LogP contribution in [0.25, 0.3) is 0 Å². The monoisotopic (exact) mass is 459 g/mol. The first-order valence-electron chi connectivity index (χ1n) is 10.3. The number of ether oxygens (including phenoxy) is 1. The Kier molecular flexibility index (Phi) is 6.90. The molecule has 1 aliphatic rings. The summed E-state index contributed by atoms with van der Waals surface area (Å²) in [5, 5.41) is 2.88. The molecule has 172 valence electrons. The summed E-state index contributed by atoms with van der Waals surface area (Å²) >= 11 is 0. The second-order valence-corrected chi connectivity index (χ2v) is 10.3. The molecule has 9 heteroatoms. The van der Waals surface area contributed by atoms with Gasteiger partial charge in [0.2, 0.25) is 21.8 Å². The topological polar surface area (TPSA) is 96.0 Å². The molecule has 0 radical (unpaired) electrons. The second-order valence-electron chi connectivity index (χ2n) is 8.30. The second kappa shape index (κ2) is 9.30. The van der Waals surface area contributed by atoms with Crippen LogP contribution in [-0.4, -0.2) is 61.4 Å². The van der Waals surface area contributed by atoms with Crippen molar-refractivity contribution in [1.29, 1.82) is 0 Å². The molecule has 1 fully saturated rings. The minimum absolute atomic E-state index is 0.118. The Labute approximate surface area is 189 Å². The van der Waals surface area contributed by atoms with Crippen molar-refractivity contribution in [3.05, 3.63) is 65.2 Å². The molecule has 1 heterocycles. The van der Waals surface area contributed by atoms with E-state index in [0.717, 1.165) is 27.3 Å². The van der Waals surface area contributed by atoms with Gasteiger partial charge in [-0.2, -0.15) is 4.31 Å². The van der Waals surface area contributed by atoms with Crippen molar-refractivity contribution in [2.45, 2.75) is 32.5 Å². The van der Waals surface area contributed by atoms with Gasteiger partial charge in [0.25, 0.3) is 0 Å². The zero-order valence-electron chi connectivity index (χ0n) is 18.8. The van der Waals surface area contributed by atoms with E-state index in [1.165, 1.54) is 4.90 Å². The lowest BCUT2D eigenvalue weighted by atomic mass is 9.94.